The molecular formula is C64H58O8Si. The molecule has 9 heteroatoms. The van der Waals surface area contributed by atoms with E-state index in [1.807, 2.05) is 182 Å². The van der Waals surface area contributed by atoms with Crippen LogP contribution >= 0.6 is 0 Å². The molecule has 366 valence electrons. The van der Waals surface area contributed by atoms with Crippen LogP contribution in [0, 0.1) is 23.3 Å². The number of carbonyl (C=O) groups excluding carboxylic acids is 1. The van der Waals surface area contributed by atoms with Crippen molar-refractivity contribution in [3.63, 3.8) is 0 Å². The summed E-state index contributed by atoms with van der Waals surface area (Å²) < 4.78 is 43.8. The number of carbonyl (C=O) groups is 1. The maximum atomic E-state index is 13.8. The molecule has 8 rings (SSSR count). The molecule has 0 amide bonds. The highest BCUT2D eigenvalue weighted by Crippen LogP contribution is 2.30. The molecule has 0 saturated heterocycles. The third kappa shape index (κ3) is 17.0. The van der Waals surface area contributed by atoms with Gasteiger partial charge in [-0.2, -0.15) is 0 Å². The maximum absolute atomic E-state index is 13.8. The fraction of sp³-hybridized carbons (Fsp3) is 0.172. The van der Waals surface area contributed by atoms with E-state index in [9.17, 15) is 4.79 Å². The van der Waals surface area contributed by atoms with Crippen LogP contribution in [0.25, 0.3) is 0 Å². The van der Waals surface area contributed by atoms with E-state index in [0.717, 1.165) is 44.5 Å². The molecule has 0 fully saturated rings. The summed E-state index contributed by atoms with van der Waals surface area (Å²) in [6, 6.07) is 64.3. The quantitative estimate of drug-likeness (QED) is 0.0305. The predicted molar refractivity (Wildman–Crippen MR) is 290 cm³/mol. The van der Waals surface area contributed by atoms with Crippen molar-refractivity contribution < 1.29 is 38.0 Å². The van der Waals surface area contributed by atoms with Crippen molar-refractivity contribution in [1.29, 1.82) is 0 Å². The van der Waals surface area contributed by atoms with Gasteiger partial charge in [-0.25, -0.2) is 4.79 Å². The van der Waals surface area contributed by atoms with Crippen LogP contribution in [-0.2, 0) is 44.4 Å². The molecule has 8 aromatic carbocycles. The average Bonchev–Trinajstić information content (AvgIpc) is 3.42. The van der Waals surface area contributed by atoms with E-state index < -0.39 is 14.0 Å². The third-order valence-corrected chi connectivity index (χ3v) is 11.9. The monoisotopic (exact) mass is 982 g/mol. The Kier molecular flexibility index (Phi) is 18.1. The lowest BCUT2D eigenvalue weighted by Gasteiger charge is -2.16. The van der Waals surface area contributed by atoms with Crippen molar-refractivity contribution in [1.82, 2.24) is 0 Å². The Bertz CT molecular complexity index is 2890. The van der Waals surface area contributed by atoms with Gasteiger partial charge in [0, 0.05) is 35.7 Å². The number of hydrogen-bond donors (Lipinski definition) is 0. The van der Waals surface area contributed by atoms with Crippen LogP contribution in [0.15, 0.2) is 200 Å². The molecular weight excluding hydrogens is 925 g/mol. The van der Waals surface area contributed by atoms with Crippen LogP contribution in [0.2, 0.25) is 19.6 Å². The highest BCUT2D eigenvalue weighted by atomic mass is 28.3. The lowest BCUT2D eigenvalue weighted by molar-refractivity contribution is 0.0512. The van der Waals surface area contributed by atoms with Crippen molar-refractivity contribution in [3.8, 4) is 57.8 Å². The van der Waals surface area contributed by atoms with Gasteiger partial charge in [0.2, 0.25) is 0 Å². The first-order valence-corrected chi connectivity index (χ1v) is 27.8. The first-order chi connectivity index (χ1) is 35.7. The van der Waals surface area contributed by atoms with Crippen molar-refractivity contribution >= 4 is 14.0 Å². The lowest BCUT2D eigenvalue weighted by atomic mass is 10.1. The molecule has 0 saturated carbocycles. The Morgan fingerprint density at radius 2 is 0.699 bits per heavy atom. The van der Waals surface area contributed by atoms with Crippen molar-refractivity contribution in [3.05, 3.63) is 250 Å². The van der Waals surface area contributed by atoms with Crippen LogP contribution in [0.4, 0.5) is 0 Å². The SMILES string of the molecule is C[Si](C)(C)C#Cc1ccccc1C#CCCOC(=O)c1cc(OCc2cc(OCc3ccccc3)cc(OCc3ccccc3)c2)cc(OCc2cc(OCc3ccccc3)cc(OCc3ccccc3)c2)c1. The maximum Gasteiger partial charge on any atom is 0.338 e. The normalized spacial score (nSPS) is 10.7. The highest BCUT2D eigenvalue weighted by molar-refractivity contribution is 6.83. The zero-order valence-electron chi connectivity index (χ0n) is 41.5. The molecule has 0 bridgehead atoms. The van der Waals surface area contributed by atoms with E-state index in [0.29, 0.717) is 67.3 Å². The Morgan fingerprint density at radius 3 is 1.05 bits per heavy atom. The van der Waals surface area contributed by atoms with Gasteiger partial charge in [-0.1, -0.05) is 171 Å². The van der Waals surface area contributed by atoms with Gasteiger partial charge in [-0.3, -0.25) is 0 Å². The smallest absolute Gasteiger partial charge is 0.338 e. The van der Waals surface area contributed by atoms with Gasteiger partial charge in [0.05, 0.1) is 5.56 Å². The van der Waals surface area contributed by atoms with E-state index in [1.54, 1.807) is 18.2 Å². The molecule has 8 aromatic rings. The second-order valence-corrected chi connectivity index (χ2v) is 23.0. The molecule has 0 unspecified atom stereocenters. The van der Waals surface area contributed by atoms with Gasteiger partial charge in [-0.15, -0.1) is 5.54 Å². The van der Waals surface area contributed by atoms with Gasteiger partial charge < -0.3 is 33.2 Å². The largest absolute Gasteiger partial charge is 0.489 e. The molecule has 0 atom stereocenters. The Balaban J connectivity index is 1.02. The molecule has 0 aliphatic rings. The molecule has 0 heterocycles. The minimum absolute atomic E-state index is 0.0823. The summed E-state index contributed by atoms with van der Waals surface area (Å²) in [5.41, 5.74) is 11.2. The fourth-order valence-electron chi connectivity index (χ4n) is 7.31. The number of rotatable bonds is 21. The summed E-state index contributed by atoms with van der Waals surface area (Å²) in [6.07, 6.45) is 0.329. The fourth-order valence-corrected chi connectivity index (χ4v) is 7.82. The number of esters is 1. The topological polar surface area (TPSA) is 81.7 Å². The molecule has 73 heavy (non-hydrogen) atoms. The van der Waals surface area contributed by atoms with E-state index in [-0.39, 0.29) is 25.4 Å². The summed E-state index contributed by atoms with van der Waals surface area (Å²) in [4.78, 5) is 13.8. The van der Waals surface area contributed by atoms with Gasteiger partial charge in [0.1, 0.15) is 88.8 Å². The molecule has 0 spiro atoms. The minimum atomic E-state index is -1.58. The summed E-state index contributed by atoms with van der Waals surface area (Å²) >= 11 is 0. The summed E-state index contributed by atoms with van der Waals surface area (Å²) in [5, 5.41) is 0. The Hall–Kier alpha value is -8.63. The molecule has 0 aliphatic carbocycles. The average molecular weight is 983 g/mol. The number of benzene rings is 8. The molecule has 0 aromatic heterocycles. The first kappa shape index (κ1) is 50.7. The van der Waals surface area contributed by atoms with Crippen LogP contribution < -0.4 is 28.4 Å². The molecule has 0 radical (unpaired) electrons. The van der Waals surface area contributed by atoms with E-state index in [1.165, 1.54) is 0 Å². The van der Waals surface area contributed by atoms with Crippen molar-refractivity contribution in [2.45, 2.75) is 65.7 Å². The lowest BCUT2D eigenvalue weighted by Crippen LogP contribution is -2.16. The zero-order chi connectivity index (χ0) is 50.5. The number of hydrogen-bond acceptors (Lipinski definition) is 8. The highest BCUT2D eigenvalue weighted by Gasteiger charge is 2.15. The molecule has 8 nitrogen and oxygen atoms in total. The first-order valence-electron chi connectivity index (χ1n) is 24.3. The van der Waals surface area contributed by atoms with Crippen LogP contribution in [-0.4, -0.2) is 20.7 Å². The third-order valence-electron chi connectivity index (χ3n) is 11.0. The van der Waals surface area contributed by atoms with E-state index in [4.69, 9.17) is 33.2 Å². The predicted octanol–water partition coefficient (Wildman–Crippen LogP) is 14.0. The summed E-state index contributed by atoms with van der Waals surface area (Å²) in [5.74, 6) is 12.5. The Morgan fingerprint density at radius 1 is 0.384 bits per heavy atom. The van der Waals surface area contributed by atoms with Gasteiger partial charge >= 0.3 is 5.97 Å². The van der Waals surface area contributed by atoms with Crippen LogP contribution in [0.3, 0.4) is 0 Å². The summed E-state index contributed by atoms with van der Waals surface area (Å²) in [6.45, 7) is 8.49. The zero-order valence-corrected chi connectivity index (χ0v) is 42.5. The van der Waals surface area contributed by atoms with Gasteiger partial charge in [0.25, 0.3) is 0 Å². The number of ether oxygens (including phenoxy) is 7. The van der Waals surface area contributed by atoms with Crippen LogP contribution in [0.1, 0.15) is 61.3 Å². The summed E-state index contributed by atoms with van der Waals surface area (Å²) in [7, 11) is -1.58. The Labute approximate surface area is 430 Å². The van der Waals surface area contributed by atoms with Crippen molar-refractivity contribution in [2.24, 2.45) is 0 Å². The second-order valence-electron chi connectivity index (χ2n) is 18.2. The minimum Gasteiger partial charge on any atom is -0.489 e. The van der Waals surface area contributed by atoms with Gasteiger partial charge in [0.15, 0.2) is 0 Å². The second kappa shape index (κ2) is 26.0. The van der Waals surface area contributed by atoms with Gasteiger partial charge in [-0.05, 0) is 81.9 Å². The molecule has 0 N–H and O–H groups in total. The van der Waals surface area contributed by atoms with E-state index in [2.05, 4.69) is 42.9 Å². The van der Waals surface area contributed by atoms with Crippen LogP contribution in [0.5, 0.6) is 34.5 Å². The van der Waals surface area contributed by atoms with E-state index >= 15 is 0 Å². The van der Waals surface area contributed by atoms with Crippen molar-refractivity contribution in [2.75, 3.05) is 6.61 Å². The standard InChI is InChI=1S/C64H58O8Si/c1-73(2,3)33-31-56-29-17-16-28-55(56)30-18-19-32-66-64(65)57-38-62(71-47-53-34-58(67-43-49-20-8-4-9-21-49)40-59(35-53)68-44-50-22-10-5-11-23-50)42-63(39-57)72-48-54-36-60(69-45-51-24-12-6-13-25-51)41-61(37-54)70-46-52-26-14-7-15-27-52/h4-17,20-29,34-42H,19,32,43-48H2,1-3H3. The molecule has 0 aliphatic heterocycles.